The number of carbonyl (C=O) groups excluding carboxylic acids is 3. The first-order chi connectivity index (χ1) is 21.4. The SMILES string of the molecule is Cc1ccc(/C=C(\NC(=O)c2ccccc2)C(=O)Nc2ccc(SC(C(=O)Nc3ccccn3)c3ccccc3)cc2)cc1. The van der Waals surface area contributed by atoms with Gasteiger partial charge in [0.2, 0.25) is 5.91 Å². The summed E-state index contributed by atoms with van der Waals surface area (Å²) in [7, 11) is 0. The number of hydrogen-bond acceptors (Lipinski definition) is 5. The summed E-state index contributed by atoms with van der Waals surface area (Å²) in [5.74, 6) is -0.572. The number of carbonyl (C=O) groups is 3. The normalized spacial score (nSPS) is 11.7. The van der Waals surface area contributed by atoms with Gasteiger partial charge in [-0.05, 0) is 72.7 Å². The Bertz CT molecular complexity index is 1740. The van der Waals surface area contributed by atoms with Gasteiger partial charge in [0.15, 0.2) is 0 Å². The third-order valence-corrected chi connectivity index (χ3v) is 7.81. The van der Waals surface area contributed by atoms with Crippen LogP contribution < -0.4 is 16.0 Å². The summed E-state index contributed by atoms with van der Waals surface area (Å²) in [6.45, 7) is 1.98. The molecule has 0 saturated carbocycles. The molecule has 7 nitrogen and oxygen atoms in total. The van der Waals surface area contributed by atoms with Crippen LogP contribution in [0.5, 0.6) is 0 Å². The first-order valence-electron chi connectivity index (χ1n) is 13.9. The van der Waals surface area contributed by atoms with E-state index in [2.05, 4.69) is 20.9 Å². The second kappa shape index (κ2) is 14.6. The van der Waals surface area contributed by atoms with Crippen molar-refractivity contribution in [2.45, 2.75) is 17.1 Å². The van der Waals surface area contributed by atoms with E-state index in [1.165, 1.54) is 11.8 Å². The number of pyridine rings is 1. The fourth-order valence-electron chi connectivity index (χ4n) is 4.25. The molecule has 218 valence electrons. The van der Waals surface area contributed by atoms with Crippen LogP contribution in [-0.4, -0.2) is 22.7 Å². The number of nitrogens with zero attached hydrogens (tertiary/aromatic N) is 1. The van der Waals surface area contributed by atoms with E-state index in [0.717, 1.165) is 21.6 Å². The van der Waals surface area contributed by atoms with Crippen molar-refractivity contribution < 1.29 is 14.4 Å². The molecule has 0 saturated heterocycles. The van der Waals surface area contributed by atoms with Crippen molar-refractivity contribution in [3.63, 3.8) is 0 Å². The van der Waals surface area contributed by atoms with E-state index in [4.69, 9.17) is 0 Å². The second-order valence-corrected chi connectivity index (χ2v) is 11.1. The monoisotopic (exact) mass is 598 g/mol. The minimum absolute atomic E-state index is 0.108. The summed E-state index contributed by atoms with van der Waals surface area (Å²) in [4.78, 5) is 44.7. The molecule has 1 heterocycles. The fourth-order valence-corrected chi connectivity index (χ4v) is 5.28. The van der Waals surface area contributed by atoms with Gasteiger partial charge in [-0.2, -0.15) is 0 Å². The highest BCUT2D eigenvalue weighted by Gasteiger charge is 2.23. The van der Waals surface area contributed by atoms with Gasteiger partial charge < -0.3 is 16.0 Å². The van der Waals surface area contributed by atoms with Gasteiger partial charge in [0.05, 0.1) is 0 Å². The number of aryl methyl sites for hydroxylation is 1. The van der Waals surface area contributed by atoms with E-state index in [1.54, 1.807) is 60.8 Å². The van der Waals surface area contributed by atoms with Crippen molar-refractivity contribution in [2.75, 3.05) is 10.6 Å². The predicted octanol–water partition coefficient (Wildman–Crippen LogP) is 7.27. The largest absolute Gasteiger partial charge is 0.321 e. The van der Waals surface area contributed by atoms with E-state index in [1.807, 2.05) is 85.8 Å². The van der Waals surface area contributed by atoms with Gasteiger partial charge >= 0.3 is 0 Å². The number of thioether (sulfide) groups is 1. The van der Waals surface area contributed by atoms with E-state index < -0.39 is 11.2 Å². The van der Waals surface area contributed by atoms with E-state index >= 15 is 0 Å². The lowest BCUT2D eigenvalue weighted by Gasteiger charge is -2.17. The topological polar surface area (TPSA) is 100 Å². The molecule has 0 radical (unpaired) electrons. The molecule has 0 aliphatic heterocycles. The molecule has 44 heavy (non-hydrogen) atoms. The Kier molecular flexibility index (Phi) is 9.97. The average molecular weight is 599 g/mol. The van der Waals surface area contributed by atoms with Crippen LogP contribution in [0.4, 0.5) is 11.5 Å². The highest BCUT2D eigenvalue weighted by atomic mass is 32.2. The molecule has 1 unspecified atom stereocenters. The lowest BCUT2D eigenvalue weighted by atomic mass is 10.1. The van der Waals surface area contributed by atoms with Crippen LogP contribution in [-0.2, 0) is 9.59 Å². The molecule has 3 N–H and O–H groups in total. The summed E-state index contributed by atoms with van der Waals surface area (Å²) in [5.41, 5.74) is 3.80. The number of rotatable bonds is 10. The Morgan fingerprint density at radius 3 is 2.05 bits per heavy atom. The third kappa shape index (κ3) is 8.30. The summed E-state index contributed by atoms with van der Waals surface area (Å²) in [6, 6.07) is 38.5. The van der Waals surface area contributed by atoms with Crippen molar-refractivity contribution in [3.8, 4) is 0 Å². The van der Waals surface area contributed by atoms with Crippen molar-refractivity contribution in [2.24, 2.45) is 0 Å². The van der Waals surface area contributed by atoms with Crippen LogP contribution in [0.3, 0.4) is 0 Å². The number of hydrogen-bond donors (Lipinski definition) is 3. The van der Waals surface area contributed by atoms with Crippen LogP contribution in [0.1, 0.15) is 32.3 Å². The fraction of sp³-hybridized carbons (Fsp3) is 0.0556. The maximum Gasteiger partial charge on any atom is 0.272 e. The van der Waals surface area contributed by atoms with Crippen molar-refractivity contribution in [3.05, 3.63) is 162 Å². The Morgan fingerprint density at radius 1 is 0.727 bits per heavy atom. The molecule has 4 aromatic carbocycles. The van der Waals surface area contributed by atoms with Crippen molar-refractivity contribution in [1.29, 1.82) is 0 Å². The standard InChI is InChI=1S/C36H30N4O3S/c1-25-15-17-26(18-16-25)24-31(39-34(41)28-12-6-3-7-13-28)35(42)38-29-19-21-30(22-20-29)44-33(27-10-4-2-5-11-27)36(43)40-32-14-8-9-23-37-32/h2-24,33H,1H3,(H,38,42)(H,39,41)(H,37,40,43)/b31-24-. The lowest BCUT2D eigenvalue weighted by Crippen LogP contribution is -2.30. The van der Waals surface area contributed by atoms with Gasteiger partial charge in [-0.25, -0.2) is 4.98 Å². The van der Waals surface area contributed by atoms with Crippen molar-refractivity contribution >= 4 is 47.1 Å². The molecule has 3 amide bonds. The molecular weight excluding hydrogens is 568 g/mol. The number of nitrogens with one attached hydrogen (secondary N) is 3. The molecule has 0 fully saturated rings. The van der Waals surface area contributed by atoms with Crippen molar-refractivity contribution in [1.82, 2.24) is 10.3 Å². The first kappa shape index (κ1) is 30.0. The molecule has 0 aliphatic carbocycles. The zero-order chi connectivity index (χ0) is 30.7. The number of amides is 3. The molecule has 1 aromatic heterocycles. The number of aromatic nitrogens is 1. The van der Waals surface area contributed by atoms with Crippen LogP contribution >= 0.6 is 11.8 Å². The van der Waals surface area contributed by atoms with E-state index in [9.17, 15) is 14.4 Å². The van der Waals surface area contributed by atoms with Gasteiger partial charge in [0, 0.05) is 22.3 Å². The van der Waals surface area contributed by atoms with E-state index in [-0.39, 0.29) is 17.5 Å². The van der Waals surface area contributed by atoms with Gasteiger partial charge in [-0.15, -0.1) is 11.8 Å². The molecular formula is C36H30N4O3S. The molecule has 5 aromatic rings. The van der Waals surface area contributed by atoms with Crippen LogP contribution in [0.25, 0.3) is 6.08 Å². The quantitative estimate of drug-likeness (QED) is 0.116. The van der Waals surface area contributed by atoms with Crippen LogP contribution in [0.2, 0.25) is 0 Å². The average Bonchev–Trinajstić information content (AvgIpc) is 3.06. The zero-order valence-corrected chi connectivity index (χ0v) is 24.8. The Morgan fingerprint density at radius 2 is 1.39 bits per heavy atom. The van der Waals surface area contributed by atoms with Gasteiger partial charge in [0.1, 0.15) is 16.8 Å². The summed E-state index contributed by atoms with van der Waals surface area (Å²) in [6.07, 6.45) is 3.27. The Hall–Kier alpha value is -5.47. The van der Waals surface area contributed by atoms with E-state index in [0.29, 0.717) is 17.1 Å². The van der Waals surface area contributed by atoms with Gasteiger partial charge in [0.25, 0.3) is 11.8 Å². The smallest absolute Gasteiger partial charge is 0.272 e. The summed E-state index contributed by atoms with van der Waals surface area (Å²) in [5, 5.41) is 8.00. The molecule has 0 bridgehead atoms. The summed E-state index contributed by atoms with van der Waals surface area (Å²) >= 11 is 1.39. The molecule has 0 aliphatic rings. The molecule has 1 atom stereocenters. The maximum atomic E-state index is 13.4. The third-order valence-electron chi connectivity index (χ3n) is 6.54. The zero-order valence-electron chi connectivity index (χ0n) is 23.9. The van der Waals surface area contributed by atoms with Gasteiger partial charge in [-0.3, -0.25) is 14.4 Å². The van der Waals surface area contributed by atoms with Gasteiger partial charge in [-0.1, -0.05) is 84.4 Å². The number of benzene rings is 4. The Balaban J connectivity index is 1.32. The first-order valence-corrected chi connectivity index (χ1v) is 14.8. The molecule has 0 spiro atoms. The molecule has 5 rings (SSSR count). The lowest BCUT2D eigenvalue weighted by molar-refractivity contribution is -0.116. The highest BCUT2D eigenvalue weighted by Crippen LogP contribution is 2.36. The number of anilines is 2. The molecule has 8 heteroatoms. The summed E-state index contributed by atoms with van der Waals surface area (Å²) < 4.78 is 0. The minimum Gasteiger partial charge on any atom is -0.321 e. The predicted molar refractivity (Wildman–Crippen MR) is 176 cm³/mol. The minimum atomic E-state index is -0.532. The van der Waals surface area contributed by atoms with Crippen LogP contribution in [0.15, 0.2) is 144 Å². The second-order valence-electron chi connectivity index (χ2n) is 9.88. The Labute approximate surface area is 260 Å². The van der Waals surface area contributed by atoms with Crippen LogP contribution in [0, 0.1) is 6.92 Å². The highest BCUT2D eigenvalue weighted by molar-refractivity contribution is 8.00. The maximum absolute atomic E-state index is 13.4.